The van der Waals surface area contributed by atoms with E-state index < -0.39 is 11.6 Å². The molecule has 0 aromatic carbocycles. The van der Waals surface area contributed by atoms with Gasteiger partial charge < -0.3 is 15.2 Å². The van der Waals surface area contributed by atoms with Crippen LogP contribution in [0.4, 0.5) is 0 Å². The van der Waals surface area contributed by atoms with Crippen LogP contribution in [0.2, 0.25) is 0 Å². The zero-order valence-electron chi connectivity index (χ0n) is 17.8. The molecule has 0 fully saturated rings. The van der Waals surface area contributed by atoms with Gasteiger partial charge in [-0.2, -0.15) is 0 Å². The number of allylic oxidation sites excluding steroid dienone is 2. The van der Waals surface area contributed by atoms with Crippen molar-refractivity contribution in [2.75, 3.05) is 13.2 Å². The van der Waals surface area contributed by atoms with Gasteiger partial charge in [0.2, 0.25) is 11.6 Å². The first-order valence-corrected chi connectivity index (χ1v) is 11.1. The van der Waals surface area contributed by atoms with Gasteiger partial charge in [0.1, 0.15) is 5.76 Å². The first-order valence-electron chi connectivity index (χ1n) is 11.1. The topological polar surface area (TPSA) is 92.7 Å². The van der Waals surface area contributed by atoms with Crippen LogP contribution in [-0.2, 0) is 19.1 Å². The average molecular weight is 408 g/mol. The molecular formula is C23H37NO5. The fourth-order valence-corrected chi connectivity index (χ4v) is 3.44. The molecule has 0 amide bonds. The van der Waals surface area contributed by atoms with E-state index in [-0.39, 0.29) is 23.6 Å². The van der Waals surface area contributed by atoms with Gasteiger partial charge in [-0.3, -0.25) is 14.4 Å². The molecule has 0 saturated carbocycles. The van der Waals surface area contributed by atoms with Crippen LogP contribution in [0.15, 0.2) is 23.1 Å². The van der Waals surface area contributed by atoms with Crippen LogP contribution in [0.1, 0.15) is 90.4 Å². The molecule has 0 unspecified atom stereocenters. The lowest BCUT2D eigenvalue weighted by Gasteiger charge is -2.17. The minimum Gasteiger partial charge on any atom is -0.505 e. The molecule has 1 aliphatic rings. The molecule has 6 nitrogen and oxygen atoms in total. The number of unbranched alkanes of at least 4 members (excludes halogenated alkanes) is 10. The van der Waals surface area contributed by atoms with Crippen molar-refractivity contribution in [2.24, 2.45) is 0 Å². The Labute approximate surface area is 174 Å². The number of aliphatic hydroxyl groups is 1. The standard InChI is InChI=1S/C23H37NO5/c1-2-3-4-5-6-7-8-9-10-11-12-14-19-22(27)20(17-21(26)23(19)28)24-15-13-16-29-18-25/h17-18,24,27H,2-16H2,1H3. The van der Waals surface area contributed by atoms with E-state index >= 15 is 0 Å². The van der Waals surface area contributed by atoms with Gasteiger partial charge in [0, 0.05) is 18.2 Å². The molecule has 0 bridgehead atoms. The molecular weight excluding hydrogens is 370 g/mol. The van der Waals surface area contributed by atoms with Crippen molar-refractivity contribution in [2.45, 2.75) is 90.4 Å². The molecule has 2 N–H and O–H groups in total. The predicted molar refractivity (Wildman–Crippen MR) is 113 cm³/mol. The molecule has 0 aliphatic heterocycles. The largest absolute Gasteiger partial charge is 0.505 e. The molecule has 164 valence electrons. The van der Waals surface area contributed by atoms with Crippen LogP contribution in [0.3, 0.4) is 0 Å². The monoisotopic (exact) mass is 407 g/mol. The van der Waals surface area contributed by atoms with Gasteiger partial charge in [-0.25, -0.2) is 0 Å². The summed E-state index contributed by atoms with van der Waals surface area (Å²) in [4.78, 5) is 34.1. The van der Waals surface area contributed by atoms with E-state index in [1.54, 1.807) is 0 Å². The summed E-state index contributed by atoms with van der Waals surface area (Å²) >= 11 is 0. The lowest BCUT2D eigenvalue weighted by atomic mass is 9.93. The van der Waals surface area contributed by atoms with E-state index in [2.05, 4.69) is 17.0 Å². The van der Waals surface area contributed by atoms with Gasteiger partial charge in [0.25, 0.3) is 6.47 Å². The minimum absolute atomic E-state index is 0.127. The van der Waals surface area contributed by atoms with E-state index in [1.807, 2.05) is 0 Å². The van der Waals surface area contributed by atoms with Crippen LogP contribution < -0.4 is 5.32 Å². The molecule has 0 atom stereocenters. The quantitative estimate of drug-likeness (QED) is 0.148. The number of Topliss-reactive ketones (excluding diaryl/α,β-unsaturated/α-hetero) is 1. The maximum absolute atomic E-state index is 12.1. The van der Waals surface area contributed by atoms with Crippen molar-refractivity contribution < 1.29 is 24.2 Å². The second-order valence-electron chi connectivity index (χ2n) is 7.61. The normalized spacial score (nSPS) is 14.2. The number of carbonyl (C=O) groups is 3. The number of carbonyl (C=O) groups excluding carboxylic acids is 3. The van der Waals surface area contributed by atoms with E-state index in [1.165, 1.54) is 51.4 Å². The number of aliphatic hydroxyl groups excluding tert-OH is 1. The Bertz CT molecular complexity index is 580. The number of ether oxygens (including phenoxy) is 1. The molecule has 1 aliphatic carbocycles. The molecule has 0 aromatic rings. The molecule has 0 radical (unpaired) electrons. The van der Waals surface area contributed by atoms with Crippen molar-refractivity contribution in [3.63, 3.8) is 0 Å². The number of rotatable bonds is 18. The van der Waals surface area contributed by atoms with E-state index in [0.29, 0.717) is 25.9 Å². The Morgan fingerprint density at radius 3 is 2.10 bits per heavy atom. The summed E-state index contributed by atoms with van der Waals surface area (Å²) in [6, 6.07) is 0. The van der Waals surface area contributed by atoms with E-state index in [9.17, 15) is 19.5 Å². The van der Waals surface area contributed by atoms with Gasteiger partial charge >= 0.3 is 0 Å². The van der Waals surface area contributed by atoms with Crippen molar-refractivity contribution in [1.29, 1.82) is 0 Å². The van der Waals surface area contributed by atoms with Crippen LogP contribution in [-0.4, -0.2) is 36.3 Å². The highest BCUT2D eigenvalue weighted by molar-refractivity contribution is 6.48. The molecule has 29 heavy (non-hydrogen) atoms. The zero-order valence-corrected chi connectivity index (χ0v) is 17.8. The number of hydrogen-bond acceptors (Lipinski definition) is 6. The number of nitrogens with one attached hydrogen (secondary N) is 1. The third kappa shape index (κ3) is 10.3. The Morgan fingerprint density at radius 1 is 0.931 bits per heavy atom. The predicted octanol–water partition coefficient (Wildman–Crippen LogP) is 4.69. The summed E-state index contributed by atoms with van der Waals surface area (Å²) in [5.41, 5.74) is 0.485. The molecule has 0 aromatic heterocycles. The molecule has 0 heterocycles. The van der Waals surface area contributed by atoms with Crippen LogP contribution in [0.5, 0.6) is 0 Å². The van der Waals surface area contributed by atoms with Crippen molar-refractivity contribution in [1.82, 2.24) is 5.32 Å². The third-order valence-corrected chi connectivity index (χ3v) is 5.17. The summed E-state index contributed by atoms with van der Waals surface area (Å²) in [7, 11) is 0. The van der Waals surface area contributed by atoms with E-state index in [0.717, 1.165) is 25.3 Å². The Hall–Kier alpha value is -2.11. The summed E-state index contributed by atoms with van der Waals surface area (Å²) in [5, 5.41) is 13.3. The van der Waals surface area contributed by atoms with Crippen molar-refractivity contribution in [3.05, 3.63) is 23.1 Å². The van der Waals surface area contributed by atoms with Gasteiger partial charge in [0.05, 0.1) is 12.3 Å². The number of hydrogen-bond donors (Lipinski definition) is 2. The van der Waals surface area contributed by atoms with Gasteiger partial charge in [0.15, 0.2) is 0 Å². The highest BCUT2D eigenvalue weighted by Crippen LogP contribution is 2.23. The Balaban J connectivity index is 2.27. The van der Waals surface area contributed by atoms with Gasteiger partial charge in [-0.1, -0.05) is 71.1 Å². The lowest BCUT2D eigenvalue weighted by Crippen LogP contribution is -2.28. The smallest absolute Gasteiger partial charge is 0.293 e. The third-order valence-electron chi connectivity index (χ3n) is 5.17. The minimum atomic E-state index is -0.607. The highest BCUT2D eigenvalue weighted by atomic mass is 16.5. The fourth-order valence-electron chi connectivity index (χ4n) is 3.44. The Morgan fingerprint density at radius 2 is 1.52 bits per heavy atom. The summed E-state index contributed by atoms with van der Waals surface area (Å²) in [6.45, 7) is 3.29. The maximum atomic E-state index is 12.1. The van der Waals surface area contributed by atoms with E-state index in [4.69, 9.17) is 0 Å². The second kappa shape index (κ2) is 15.8. The first kappa shape index (κ1) is 24.9. The molecule has 0 saturated heterocycles. The molecule has 6 heteroatoms. The molecule has 1 rings (SSSR count). The SMILES string of the molecule is CCCCCCCCCCCCCC1=C(O)C(NCCCOC=O)=CC(=O)C1=O. The molecule has 0 spiro atoms. The maximum Gasteiger partial charge on any atom is 0.293 e. The van der Waals surface area contributed by atoms with Crippen LogP contribution in [0.25, 0.3) is 0 Å². The van der Waals surface area contributed by atoms with Crippen molar-refractivity contribution in [3.8, 4) is 0 Å². The Kier molecular flexibility index (Phi) is 13.6. The fraction of sp³-hybridized carbons (Fsp3) is 0.696. The summed E-state index contributed by atoms with van der Waals surface area (Å²) in [6.07, 6.45) is 15.4. The first-order chi connectivity index (χ1) is 14.1. The van der Waals surface area contributed by atoms with Gasteiger partial charge in [-0.15, -0.1) is 0 Å². The summed E-state index contributed by atoms with van der Waals surface area (Å²) in [5.74, 6) is -1.34. The van der Waals surface area contributed by atoms with Gasteiger partial charge in [-0.05, 0) is 19.3 Å². The zero-order chi connectivity index (χ0) is 21.3. The summed E-state index contributed by atoms with van der Waals surface area (Å²) < 4.78 is 4.60. The van der Waals surface area contributed by atoms with Crippen LogP contribution >= 0.6 is 0 Å². The number of ketones is 2. The second-order valence-corrected chi connectivity index (χ2v) is 7.61. The average Bonchev–Trinajstić information content (AvgIpc) is 2.71. The lowest BCUT2D eigenvalue weighted by molar-refractivity contribution is -0.132. The van der Waals surface area contributed by atoms with Crippen molar-refractivity contribution >= 4 is 18.0 Å². The highest BCUT2D eigenvalue weighted by Gasteiger charge is 2.28. The van der Waals surface area contributed by atoms with Crippen LogP contribution in [0, 0.1) is 0 Å².